The summed E-state index contributed by atoms with van der Waals surface area (Å²) in [5.41, 5.74) is 1.70. The first-order valence-electron chi connectivity index (χ1n) is 7.87. The highest BCUT2D eigenvalue weighted by atomic mass is 35.5. The van der Waals surface area contributed by atoms with Crippen LogP contribution in [0, 0.1) is 0 Å². The number of nitrogens with zero attached hydrogens (tertiary/aromatic N) is 1. The summed E-state index contributed by atoms with van der Waals surface area (Å²) in [6, 6.07) is 5.30. The van der Waals surface area contributed by atoms with E-state index in [2.05, 4.69) is 15.5 Å². The van der Waals surface area contributed by atoms with Gasteiger partial charge in [0.15, 0.2) is 0 Å². The van der Waals surface area contributed by atoms with Crippen molar-refractivity contribution >= 4 is 29.0 Å². The molecule has 1 fully saturated rings. The molecule has 0 bridgehead atoms. The van der Waals surface area contributed by atoms with E-state index < -0.39 is 0 Å². The molecule has 2 rings (SSSR count). The van der Waals surface area contributed by atoms with Gasteiger partial charge in [0, 0.05) is 31.4 Å². The van der Waals surface area contributed by atoms with Gasteiger partial charge in [-0.2, -0.15) is 0 Å². The normalized spacial score (nSPS) is 15.7. The van der Waals surface area contributed by atoms with Crippen molar-refractivity contribution in [3.63, 3.8) is 0 Å². The number of hydrogen-bond donors (Lipinski definition) is 3. The van der Waals surface area contributed by atoms with Crippen molar-refractivity contribution in [3.8, 4) is 0 Å². The van der Waals surface area contributed by atoms with Crippen LogP contribution in [0.1, 0.15) is 32.6 Å². The Labute approximate surface area is 136 Å². The van der Waals surface area contributed by atoms with Crippen molar-refractivity contribution in [1.82, 2.24) is 5.32 Å². The summed E-state index contributed by atoms with van der Waals surface area (Å²) in [4.78, 5) is 14.2. The lowest BCUT2D eigenvalue weighted by Gasteiger charge is -2.20. The van der Waals surface area contributed by atoms with Gasteiger partial charge in [0.2, 0.25) is 0 Å². The molecule has 1 saturated heterocycles. The van der Waals surface area contributed by atoms with Crippen LogP contribution < -0.4 is 15.5 Å². The Morgan fingerprint density at radius 1 is 1.41 bits per heavy atom. The summed E-state index contributed by atoms with van der Waals surface area (Å²) in [5.74, 6) is 0. The fourth-order valence-electron chi connectivity index (χ4n) is 2.69. The first-order chi connectivity index (χ1) is 10.6. The SMILES string of the molecule is CCC(CCO)NC(=O)Nc1ccc(N2CCCC2)c(Cl)c1. The smallest absolute Gasteiger partial charge is 0.319 e. The van der Waals surface area contributed by atoms with Crippen LogP contribution in [-0.4, -0.2) is 36.9 Å². The van der Waals surface area contributed by atoms with E-state index in [4.69, 9.17) is 16.7 Å². The molecular formula is C16H24ClN3O2. The standard InChI is InChI=1S/C16H24ClN3O2/c1-2-12(7-10-21)18-16(22)19-13-5-6-15(14(17)11-13)20-8-3-4-9-20/h5-6,11-12,21H,2-4,7-10H2,1H3,(H2,18,19,22). The Balaban J connectivity index is 1.95. The molecule has 2 amide bonds. The van der Waals surface area contributed by atoms with Crippen molar-refractivity contribution in [1.29, 1.82) is 0 Å². The number of carbonyl (C=O) groups is 1. The number of carbonyl (C=O) groups excluding carboxylic acids is 1. The largest absolute Gasteiger partial charge is 0.396 e. The maximum absolute atomic E-state index is 12.0. The first-order valence-corrected chi connectivity index (χ1v) is 8.24. The van der Waals surface area contributed by atoms with Gasteiger partial charge in [-0.15, -0.1) is 0 Å². The number of benzene rings is 1. The predicted octanol–water partition coefficient (Wildman–Crippen LogP) is 3.22. The number of hydrogen-bond acceptors (Lipinski definition) is 3. The second-order valence-corrected chi connectivity index (χ2v) is 5.98. The highest BCUT2D eigenvalue weighted by Gasteiger charge is 2.16. The summed E-state index contributed by atoms with van der Waals surface area (Å²) in [6.07, 6.45) is 3.73. The van der Waals surface area contributed by atoms with E-state index in [0.717, 1.165) is 25.2 Å². The topological polar surface area (TPSA) is 64.6 Å². The van der Waals surface area contributed by atoms with Gasteiger partial charge in [0.05, 0.1) is 10.7 Å². The summed E-state index contributed by atoms with van der Waals surface area (Å²) < 4.78 is 0. The van der Waals surface area contributed by atoms with Crippen molar-refractivity contribution < 1.29 is 9.90 Å². The van der Waals surface area contributed by atoms with E-state index >= 15 is 0 Å². The molecule has 1 aromatic rings. The van der Waals surface area contributed by atoms with Crippen LogP contribution in [-0.2, 0) is 0 Å². The molecule has 0 saturated carbocycles. The molecule has 1 aliphatic rings. The molecule has 1 heterocycles. The van der Waals surface area contributed by atoms with Gasteiger partial charge < -0.3 is 20.6 Å². The van der Waals surface area contributed by atoms with Crippen LogP contribution in [0.2, 0.25) is 5.02 Å². The lowest BCUT2D eigenvalue weighted by atomic mass is 10.2. The van der Waals surface area contributed by atoms with Crippen LogP contribution >= 0.6 is 11.6 Å². The molecule has 0 radical (unpaired) electrons. The van der Waals surface area contributed by atoms with Crippen molar-refractivity contribution in [2.75, 3.05) is 29.9 Å². The van der Waals surface area contributed by atoms with E-state index in [9.17, 15) is 4.79 Å². The molecule has 5 nitrogen and oxygen atoms in total. The van der Waals surface area contributed by atoms with Crippen LogP contribution in [0.15, 0.2) is 18.2 Å². The van der Waals surface area contributed by atoms with E-state index in [-0.39, 0.29) is 18.7 Å². The molecule has 1 unspecified atom stereocenters. The average molecular weight is 326 g/mol. The van der Waals surface area contributed by atoms with Crippen molar-refractivity contribution in [2.45, 2.75) is 38.6 Å². The zero-order valence-corrected chi connectivity index (χ0v) is 13.7. The minimum Gasteiger partial charge on any atom is -0.396 e. The van der Waals surface area contributed by atoms with Crippen LogP contribution in [0.25, 0.3) is 0 Å². The van der Waals surface area contributed by atoms with E-state index in [1.807, 2.05) is 19.1 Å². The zero-order valence-electron chi connectivity index (χ0n) is 12.9. The molecule has 1 atom stereocenters. The number of aliphatic hydroxyl groups excluding tert-OH is 1. The molecule has 122 valence electrons. The monoisotopic (exact) mass is 325 g/mol. The Hall–Kier alpha value is -1.46. The van der Waals surface area contributed by atoms with Gasteiger partial charge in [0.25, 0.3) is 0 Å². The molecule has 1 aromatic carbocycles. The second kappa shape index (κ2) is 8.25. The summed E-state index contributed by atoms with van der Waals surface area (Å²) in [6.45, 7) is 4.11. The molecule has 3 N–H and O–H groups in total. The number of nitrogens with one attached hydrogen (secondary N) is 2. The maximum atomic E-state index is 12.0. The van der Waals surface area contributed by atoms with Crippen LogP contribution in [0.3, 0.4) is 0 Å². The molecule has 0 aromatic heterocycles. The predicted molar refractivity (Wildman–Crippen MR) is 90.8 cm³/mol. The van der Waals surface area contributed by atoms with Crippen LogP contribution in [0.5, 0.6) is 0 Å². The molecule has 0 spiro atoms. The molecule has 0 aliphatic carbocycles. The lowest BCUT2D eigenvalue weighted by Crippen LogP contribution is -2.38. The Kier molecular flexibility index (Phi) is 6.34. The number of rotatable bonds is 6. The van der Waals surface area contributed by atoms with Gasteiger partial charge in [-0.05, 0) is 43.9 Å². The van der Waals surface area contributed by atoms with Gasteiger partial charge in [-0.3, -0.25) is 0 Å². The Morgan fingerprint density at radius 3 is 2.73 bits per heavy atom. The molecule has 1 aliphatic heterocycles. The van der Waals surface area contributed by atoms with Crippen molar-refractivity contribution in [3.05, 3.63) is 23.2 Å². The number of urea groups is 1. The van der Waals surface area contributed by atoms with E-state index in [1.54, 1.807) is 6.07 Å². The first kappa shape index (κ1) is 16.9. The third kappa shape index (κ3) is 4.52. The summed E-state index contributed by atoms with van der Waals surface area (Å²) >= 11 is 6.33. The summed E-state index contributed by atoms with van der Waals surface area (Å²) in [5, 5.41) is 15.2. The minimum absolute atomic E-state index is 0.0238. The zero-order chi connectivity index (χ0) is 15.9. The number of aliphatic hydroxyl groups is 1. The third-order valence-corrected chi connectivity index (χ3v) is 4.26. The minimum atomic E-state index is -0.273. The van der Waals surface area contributed by atoms with Gasteiger partial charge >= 0.3 is 6.03 Å². The highest BCUT2D eigenvalue weighted by Crippen LogP contribution is 2.31. The fraction of sp³-hybridized carbons (Fsp3) is 0.562. The molecule has 6 heteroatoms. The number of amides is 2. The fourth-order valence-corrected chi connectivity index (χ4v) is 2.99. The Morgan fingerprint density at radius 2 is 2.14 bits per heavy atom. The number of anilines is 2. The van der Waals surface area contributed by atoms with Crippen LogP contribution in [0.4, 0.5) is 16.2 Å². The molecular weight excluding hydrogens is 302 g/mol. The quantitative estimate of drug-likeness (QED) is 0.752. The van der Waals surface area contributed by atoms with E-state index in [1.165, 1.54) is 12.8 Å². The lowest BCUT2D eigenvalue weighted by molar-refractivity contribution is 0.237. The second-order valence-electron chi connectivity index (χ2n) is 5.58. The average Bonchev–Trinajstić information content (AvgIpc) is 3.00. The van der Waals surface area contributed by atoms with Gasteiger partial charge in [-0.25, -0.2) is 4.79 Å². The van der Waals surface area contributed by atoms with Gasteiger partial charge in [0.1, 0.15) is 0 Å². The van der Waals surface area contributed by atoms with Crippen molar-refractivity contribution in [2.24, 2.45) is 0 Å². The number of halogens is 1. The maximum Gasteiger partial charge on any atom is 0.319 e. The molecule has 22 heavy (non-hydrogen) atoms. The highest BCUT2D eigenvalue weighted by molar-refractivity contribution is 6.33. The van der Waals surface area contributed by atoms with E-state index in [0.29, 0.717) is 17.1 Å². The van der Waals surface area contributed by atoms with Gasteiger partial charge in [-0.1, -0.05) is 18.5 Å². The third-order valence-electron chi connectivity index (χ3n) is 3.96. The Bertz CT molecular complexity index is 504. The summed E-state index contributed by atoms with van der Waals surface area (Å²) in [7, 11) is 0.